The molecule has 0 saturated heterocycles. The number of ether oxygens (including phenoxy) is 1. The van der Waals surface area contributed by atoms with E-state index < -0.39 is 12.0 Å². The molecular weight excluding hydrogens is 260 g/mol. The van der Waals surface area contributed by atoms with Gasteiger partial charge in [0, 0.05) is 19.2 Å². The molecule has 0 radical (unpaired) electrons. The quantitative estimate of drug-likeness (QED) is 0.864. The van der Waals surface area contributed by atoms with Gasteiger partial charge in [0.05, 0.1) is 18.9 Å². The van der Waals surface area contributed by atoms with Gasteiger partial charge in [-0.15, -0.1) is 0 Å². The van der Waals surface area contributed by atoms with E-state index in [1.807, 2.05) is 13.8 Å². The maximum Gasteiger partial charge on any atom is 0.328 e. The fourth-order valence-corrected chi connectivity index (χ4v) is 2.11. The minimum absolute atomic E-state index is 0.0605. The Labute approximate surface area is 116 Å². The molecule has 6 nitrogen and oxygen atoms in total. The van der Waals surface area contributed by atoms with E-state index >= 15 is 0 Å². The fraction of sp³-hybridized carbons (Fsp3) is 0.429. The number of nitrogens with one attached hydrogen (secondary N) is 1. The monoisotopic (exact) mass is 278 g/mol. The van der Waals surface area contributed by atoms with Crippen molar-refractivity contribution in [2.75, 3.05) is 7.11 Å². The summed E-state index contributed by atoms with van der Waals surface area (Å²) >= 11 is 0. The predicted molar refractivity (Wildman–Crippen MR) is 73.3 cm³/mol. The number of methoxy groups -OCH3 is 1. The van der Waals surface area contributed by atoms with Crippen LogP contribution in [0.5, 0.6) is 0 Å². The van der Waals surface area contributed by atoms with Crippen LogP contribution in [0.4, 0.5) is 0 Å². The van der Waals surface area contributed by atoms with Gasteiger partial charge < -0.3 is 19.0 Å². The van der Waals surface area contributed by atoms with Gasteiger partial charge in [0.25, 0.3) is 5.91 Å². The first-order valence-electron chi connectivity index (χ1n) is 6.37. The molecule has 0 fully saturated rings. The molecule has 0 aliphatic heterocycles. The largest absolute Gasteiger partial charge is 0.467 e. The molecule has 1 amide bonds. The van der Waals surface area contributed by atoms with Gasteiger partial charge in [-0.05, 0) is 5.92 Å². The smallest absolute Gasteiger partial charge is 0.328 e. The summed E-state index contributed by atoms with van der Waals surface area (Å²) in [4.78, 5) is 24.0. The number of amides is 1. The Kier molecular flexibility index (Phi) is 3.83. The average molecular weight is 278 g/mol. The lowest BCUT2D eigenvalue weighted by Crippen LogP contribution is -2.45. The standard InChI is InChI=1S/C14H18N2O4/c1-8(2)12(14(18)19-4)15-13(17)10-7-11-9(16(10)3)5-6-20-11/h5-8,12H,1-4H3,(H,15,17). The van der Waals surface area contributed by atoms with Crippen LogP contribution in [0.15, 0.2) is 22.8 Å². The van der Waals surface area contributed by atoms with Crippen LogP contribution >= 0.6 is 0 Å². The molecule has 0 aromatic carbocycles. The highest BCUT2D eigenvalue weighted by molar-refractivity contribution is 5.99. The number of hydrogen-bond donors (Lipinski definition) is 1. The first-order chi connectivity index (χ1) is 9.45. The van der Waals surface area contributed by atoms with E-state index in [9.17, 15) is 9.59 Å². The normalized spacial score (nSPS) is 12.7. The number of furan rings is 1. The molecule has 0 aliphatic carbocycles. The van der Waals surface area contributed by atoms with E-state index in [4.69, 9.17) is 9.15 Å². The molecule has 2 rings (SSSR count). The molecule has 20 heavy (non-hydrogen) atoms. The number of carbonyl (C=O) groups excluding carboxylic acids is 2. The molecular formula is C14H18N2O4. The average Bonchev–Trinajstić information content (AvgIpc) is 2.98. The van der Waals surface area contributed by atoms with Crippen molar-refractivity contribution in [1.29, 1.82) is 0 Å². The SMILES string of the molecule is COC(=O)C(NC(=O)c1cc2occc2n1C)C(C)C. The number of fused-ring (bicyclic) bond motifs is 1. The topological polar surface area (TPSA) is 73.5 Å². The number of esters is 1. The lowest BCUT2D eigenvalue weighted by atomic mass is 10.0. The molecule has 1 unspecified atom stereocenters. The molecule has 1 N–H and O–H groups in total. The maximum atomic E-state index is 12.3. The number of carbonyl (C=O) groups is 2. The minimum Gasteiger partial charge on any atom is -0.467 e. The zero-order chi connectivity index (χ0) is 14.9. The van der Waals surface area contributed by atoms with Crippen LogP contribution in [-0.2, 0) is 16.6 Å². The molecule has 6 heteroatoms. The van der Waals surface area contributed by atoms with Crippen molar-refractivity contribution in [3.8, 4) is 0 Å². The van der Waals surface area contributed by atoms with Crippen LogP contribution in [0.2, 0.25) is 0 Å². The summed E-state index contributed by atoms with van der Waals surface area (Å²) in [7, 11) is 3.08. The van der Waals surface area contributed by atoms with Crippen molar-refractivity contribution in [3.05, 3.63) is 24.1 Å². The molecule has 2 aromatic rings. The Balaban J connectivity index is 2.24. The van der Waals surface area contributed by atoms with E-state index in [0.717, 1.165) is 5.52 Å². The molecule has 2 aromatic heterocycles. The summed E-state index contributed by atoms with van der Waals surface area (Å²) in [5.41, 5.74) is 1.90. The van der Waals surface area contributed by atoms with Gasteiger partial charge in [0.2, 0.25) is 0 Å². The third-order valence-corrected chi connectivity index (χ3v) is 3.30. The summed E-state index contributed by atoms with van der Waals surface area (Å²) in [6, 6.07) is 2.76. The third-order valence-electron chi connectivity index (χ3n) is 3.30. The van der Waals surface area contributed by atoms with E-state index in [0.29, 0.717) is 11.3 Å². The number of aromatic nitrogens is 1. The predicted octanol–water partition coefficient (Wildman–Crippen LogP) is 1.70. The van der Waals surface area contributed by atoms with E-state index in [1.54, 1.807) is 30.0 Å². The zero-order valence-electron chi connectivity index (χ0n) is 12.0. The maximum absolute atomic E-state index is 12.3. The molecule has 0 saturated carbocycles. The summed E-state index contributed by atoms with van der Waals surface area (Å²) < 4.78 is 11.7. The highest BCUT2D eigenvalue weighted by atomic mass is 16.5. The van der Waals surface area contributed by atoms with Gasteiger partial charge in [-0.25, -0.2) is 4.79 Å². The van der Waals surface area contributed by atoms with E-state index in [2.05, 4.69) is 5.32 Å². The second kappa shape index (κ2) is 5.40. The Hall–Kier alpha value is -2.24. The van der Waals surface area contributed by atoms with Gasteiger partial charge >= 0.3 is 5.97 Å². The van der Waals surface area contributed by atoms with Gasteiger partial charge in [0.15, 0.2) is 5.58 Å². The molecule has 2 heterocycles. The lowest BCUT2D eigenvalue weighted by Gasteiger charge is -2.19. The number of aryl methyl sites for hydroxylation is 1. The fourth-order valence-electron chi connectivity index (χ4n) is 2.11. The highest BCUT2D eigenvalue weighted by Gasteiger charge is 2.26. The first-order valence-corrected chi connectivity index (χ1v) is 6.37. The molecule has 0 aliphatic rings. The van der Waals surface area contributed by atoms with Gasteiger partial charge in [-0.2, -0.15) is 0 Å². The van der Waals surface area contributed by atoms with Crippen molar-refractivity contribution in [2.45, 2.75) is 19.9 Å². The minimum atomic E-state index is -0.672. The molecule has 0 spiro atoms. The number of hydrogen-bond acceptors (Lipinski definition) is 4. The summed E-state index contributed by atoms with van der Waals surface area (Å²) in [5, 5.41) is 2.70. The van der Waals surface area contributed by atoms with E-state index in [-0.39, 0.29) is 11.8 Å². The van der Waals surface area contributed by atoms with Crippen LogP contribution < -0.4 is 5.32 Å². The van der Waals surface area contributed by atoms with Crippen LogP contribution in [0.25, 0.3) is 11.1 Å². The summed E-state index contributed by atoms with van der Waals surface area (Å²) in [6.45, 7) is 3.69. The van der Waals surface area contributed by atoms with Crippen molar-refractivity contribution >= 4 is 23.0 Å². The zero-order valence-corrected chi connectivity index (χ0v) is 12.0. The van der Waals surface area contributed by atoms with E-state index in [1.165, 1.54) is 7.11 Å². The van der Waals surface area contributed by atoms with Gasteiger partial charge in [-0.3, -0.25) is 4.79 Å². The molecule has 0 bridgehead atoms. The Morgan fingerprint density at radius 1 is 1.40 bits per heavy atom. The van der Waals surface area contributed by atoms with Crippen molar-refractivity contribution in [1.82, 2.24) is 9.88 Å². The summed E-state index contributed by atoms with van der Waals surface area (Å²) in [6.07, 6.45) is 1.57. The van der Waals surface area contributed by atoms with Crippen molar-refractivity contribution < 1.29 is 18.7 Å². The molecule has 1 atom stereocenters. The lowest BCUT2D eigenvalue weighted by molar-refractivity contribution is -0.144. The van der Waals surface area contributed by atoms with Gasteiger partial charge in [-0.1, -0.05) is 13.8 Å². The third kappa shape index (κ3) is 2.41. The number of nitrogens with zero attached hydrogens (tertiary/aromatic N) is 1. The first kappa shape index (κ1) is 14.2. The van der Waals surface area contributed by atoms with Crippen LogP contribution in [0.1, 0.15) is 24.3 Å². The molecule has 108 valence electrons. The number of rotatable bonds is 4. The van der Waals surface area contributed by atoms with Gasteiger partial charge in [0.1, 0.15) is 11.7 Å². The van der Waals surface area contributed by atoms with Crippen molar-refractivity contribution in [2.24, 2.45) is 13.0 Å². The Morgan fingerprint density at radius 2 is 2.10 bits per heavy atom. The summed E-state index contributed by atoms with van der Waals surface area (Å²) in [5.74, 6) is -0.844. The Bertz CT molecular complexity index is 639. The second-order valence-electron chi connectivity index (χ2n) is 4.98. The second-order valence-corrected chi connectivity index (χ2v) is 4.98. The van der Waals surface area contributed by atoms with Crippen LogP contribution in [-0.4, -0.2) is 29.6 Å². The van der Waals surface area contributed by atoms with Crippen molar-refractivity contribution in [3.63, 3.8) is 0 Å². The van der Waals surface area contributed by atoms with Crippen LogP contribution in [0, 0.1) is 5.92 Å². The Morgan fingerprint density at radius 3 is 2.65 bits per heavy atom. The highest BCUT2D eigenvalue weighted by Crippen LogP contribution is 2.19. The van der Waals surface area contributed by atoms with Crippen LogP contribution in [0.3, 0.4) is 0 Å².